The van der Waals surface area contributed by atoms with Crippen molar-refractivity contribution in [2.75, 3.05) is 0 Å². The molecule has 0 saturated carbocycles. The number of nitrogens with one attached hydrogen (secondary N) is 1. The summed E-state index contributed by atoms with van der Waals surface area (Å²) in [5.41, 5.74) is 4.07. The van der Waals surface area contributed by atoms with Gasteiger partial charge in [-0.25, -0.2) is 9.97 Å². The summed E-state index contributed by atoms with van der Waals surface area (Å²) in [7, 11) is 1.83. The van der Waals surface area contributed by atoms with Gasteiger partial charge in [-0.3, -0.25) is 4.79 Å². The zero-order valence-corrected chi connectivity index (χ0v) is 16.2. The second-order valence-electron chi connectivity index (χ2n) is 6.87. The molecule has 1 N–H and O–H groups in total. The number of amides is 1. The predicted octanol–water partition coefficient (Wildman–Crippen LogP) is 4.15. The monoisotopic (exact) mass is 381 g/mol. The number of rotatable bonds is 4. The molecule has 4 rings (SSSR count). The van der Waals surface area contributed by atoms with Crippen molar-refractivity contribution in [3.8, 4) is 0 Å². The van der Waals surface area contributed by atoms with Crippen LogP contribution in [0.25, 0.3) is 22.1 Å². The van der Waals surface area contributed by atoms with Crippen LogP contribution in [0.2, 0.25) is 5.28 Å². The number of fused-ring (bicyclic) bond motifs is 2. The van der Waals surface area contributed by atoms with Gasteiger partial charge in [-0.15, -0.1) is 0 Å². The van der Waals surface area contributed by atoms with Gasteiger partial charge in [-0.05, 0) is 55.8 Å². The van der Waals surface area contributed by atoms with Crippen molar-refractivity contribution in [2.45, 2.75) is 26.4 Å². The number of nitrogens with zero attached hydrogens (tertiary/aromatic N) is 4. The van der Waals surface area contributed by atoms with Gasteiger partial charge in [0.2, 0.25) is 5.28 Å². The molecule has 0 saturated heterocycles. The Bertz CT molecular complexity index is 1110. The van der Waals surface area contributed by atoms with Crippen LogP contribution in [0.3, 0.4) is 0 Å². The number of hydrogen-bond acceptors (Lipinski definition) is 3. The first-order valence-electron chi connectivity index (χ1n) is 8.80. The molecule has 0 radical (unpaired) electrons. The van der Waals surface area contributed by atoms with Crippen LogP contribution in [-0.2, 0) is 13.6 Å². The maximum absolute atomic E-state index is 13.2. The Morgan fingerprint density at radius 2 is 1.96 bits per heavy atom. The molecule has 0 fully saturated rings. The average Bonchev–Trinajstić information content (AvgIpc) is 3.19. The molecule has 0 atom stereocenters. The lowest BCUT2D eigenvalue weighted by Crippen LogP contribution is -2.36. The van der Waals surface area contributed by atoms with E-state index in [2.05, 4.69) is 15.0 Å². The summed E-state index contributed by atoms with van der Waals surface area (Å²) in [5.74, 6) is 0.715. The third-order valence-electron chi connectivity index (χ3n) is 4.72. The predicted molar refractivity (Wildman–Crippen MR) is 107 cm³/mol. The molecule has 138 valence electrons. The standard InChI is InChI=1S/C20H20ClN5O/c1-12(2)26(11-18-22-14-6-4-5-7-15(14)23-18)19(27)13-8-9-16-17(10-13)25(3)20(21)24-16/h4-10,12H,11H2,1-3H3,(H,22,23). The molecule has 0 unspecified atom stereocenters. The molecular weight excluding hydrogens is 362 g/mol. The third-order valence-corrected chi connectivity index (χ3v) is 5.05. The molecule has 1 amide bonds. The lowest BCUT2D eigenvalue weighted by molar-refractivity contribution is 0.0686. The number of H-pyrrole nitrogens is 1. The van der Waals surface area contributed by atoms with Crippen molar-refractivity contribution >= 4 is 39.6 Å². The van der Waals surface area contributed by atoms with E-state index in [0.717, 1.165) is 27.9 Å². The molecular formula is C20H20ClN5O. The Kier molecular flexibility index (Phi) is 4.36. The molecule has 0 bridgehead atoms. The highest BCUT2D eigenvalue weighted by Crippen LogP contribution is 2.22. The highest BCUT2D eigenvalue weighted by molar-refractivity contribution is 6.29. The van der Waals surface area contributed by atoms with Crippen LogP contribution in [0, 0.1) is 0 Å². The summed E-state index contributed by atoms with van der Waals surface area (Å²) < 4.78 is 1.77. The lowest BCUT2D eigenvalue weighted by atomic mass is 10.1. The van der Waals surface area contributed by atoms with Crippen LogP contribution >= 0.6 is 11.6 Å². The number of imidazole rings is 2. The fourth-order valence-corrected chi connectivity index (χ4v) is 3.37. The van der Waals surface area contributed by atoms with Crippen molar-refractivity contribution in [2.24, 2.45) is 7.05 Å². The average molecular weight is 382 g/mol. The highest BCUT2D eigenvalue weighted by Gasteiger charge is 2.21. The van der Waals surface area contributed by atoms with Gasteiger partial charge in [0.15, 0.2) is 0 Å². The van der Waals surface area contributed by atoms with Gasteiger partial charge >= 0.3 is 0 Å². The van der Waals surface area contributed by atoms with E-state index >= 15 is 0 Å². The van der Waals surface area contributed by atoms with Gasteiger partial charge < -0.3 is 14.5 Å². The molecule has 4 aromatic rings. The Morgan fingerprint density at radius 1 is 1.19 bits per heavy atom. The molecule has 2 aromatic carbocycles. The van der Waals surface area contributed by atoms with Crippen LogP contribution in [0.4, 0.5) is 0 Å². The summed E-state index contributed by atoms with van der Waals surface area (Å²) in [6, 6.07) is 13.3. The fourth-order valence-electron chi connectivity index (χ4n) is 3.19. The number of para-hydroxylation sites is 2. The van der Waals surface area contributed by atoms with Gasteiger partial charge in [0.1, 0.15) is 5.82 Å². The van der Waals surface area contributed by atoms with Gasteiger partial charge in [0.25, 0.3) is 5.91 Å². The van der Waals surface area contributed by atoms with E-state index < -0.39 is 0 Å². The summed E-state index contributed by atoms with van der Waals surface area (Å²) in [6.07, 6.45) is 0. The minimum absolute atomic E-state index is 0.0246. The van der Waals surface area contributed by atoms with E-state index in [0.29, 0.717) is 17.4 Å². The molecule has 6 nitrogen and oxygen atoms in total. The molecule has 7 heteroatoms. The SMILES string of the molecule is CC(C)N(Cc1nc2ccccc2[nH]1)C(=O)c1ccc2nc(Cl)n(C)c2c1. The van der Waals surface area contributed by atoms with Gasteiger partial charge in [0, 0.05) is 18.7 Å². The van der Waals surface area contributed by atoms with E-state index in [4.69, 9.17) is 11.6 Å². The Morgan fingerprint density at radius 3 is 2.70 bits per heavy atom. The second-order valence-corrected chi connectivity index (χ2v) is 7.21. The fraction of sp³-hybridized carbons (Fsp3) is 0.250. The zero-order valence-electron chi connectivity index (χ0n) is 15.4. The first-order valence-corrected chi connectivity index (χ1v) is 9.18. The van der Waals surface area contributed by atoms with Gasteiger partial charge in [-0.2, -0.15) is 0 Å². The van der Waals surface area contributed by atoms with E-state index in [1.54, 1.807) is 15.5 Å². The molecule has 27 heavy (non-hydrogen) atoms. The smallest absolute Gasteiger partial charge is 0.254 e. The Labute approximate surface area is 161 Å². The first kappa shape index (κ1) is 17.5. The van der Waals surface area contributed by atoms with Crippen LogP contribution in [0.1, 0.15) is 30.0 Å². The van der Waals surface area contributed by atoms with Crippen molar-refractivity contribution in [3.63, 3.8) is 0 Å². The zero-order chi connectivity index (χ0) is 19.1. The van der Waals surface area contributed by atoms with E-state index in [1.807, 2.05) is 57.3 Å². The minimum Gasteiger partial charge on any atom is -0.340 e. The second kappa shape index (κ2) is 6.70. The molecule has 0 spiro atoms. The first-order chi connectivity index (χ1) is 12.9. The number of carbonyl (C=O) groups excluding carboxylic acids is 1. The number of hydrogen-bond donors (Lipinski definition) is 1. The maximum Gasteiger partial charge on any atom is 0.254 e. The topological polar surface area (TPSA) is 66.8 Å². The highest BCUT2D eigenvalue weighted by atomic mass is 35.5. The van der Waals surface area contributed by atoms with Crippen LogP contribution in [-0.4, -0.2) is 36.4 Å². The number of aryl methyl sites for hydroxylation is 1. The van der Waals surface area contributed by atoms with Crippen molar-refractivity contribution < 1.29 is 4.79 Å². The molecule has 2 heterocycles. The summed E-state index contributed by atoms with van der Waals surface area (Å²) >= 11 is 6.09. The quantitative estimate of drug-likeness (QED) is 0.577. The van der Waals surface area contributed by atoms with Crippen molar-refractivity contribution in [3.05, 3.63) is 59.1 Å². The van der Waals surface area contributed by atoms with Crippen molar-refractivity contribution in [1.82, 2.24) is 24.4 Å². The normalized spacial score (nSPS) is 11.6. The number of halogens is 1. The van der Waals surface area contributed by atoms with Crippen LogP contribution < -0.4 is 0 Å². The molecule has 0 aliphatic rings. The van der Waals surface area contributed by atoms with Crippen molar-refractivity contribution in [1.29, 1.82) is 0 Å². The van der Waals surface area contributed by atoms with Gasteiger partial charge in [-0.1, -0.05) is 12.1 Å². The third kappa shape index (κ3) is 3.17. The summed E-state index contributed by atoms with van der Waals surface area (Å²) in [4.78, 5) is 27.2. The van der Waals surface area contributed by atoms with Crippen LogP contribution in [0.5, 0.6) is 0 Å². The van der Waals surface area contributed by atoms with E-state index in [-0.39, 0.29) is 11.9 Å². The molecule has 0 aliphatic carbocycles. The molecule has 0 aliphatic heterocycles. The Hall–Kier alpha value is -2.86. The van der Waals surface area contributed by atoms with E-state index in [9.17, 15) is 4.79 Å². The summed E-state index contributed by atoms with van der Waals surface area (Å²) in [5, 5.41) is 0.401. The number of benzene rings is 2. The molecule has 2 aromatic heterocycles. The number of carbonyl (C=O) groups is 1. The summed E-state index contributed by atoms with van der Waals surface area (Å²) in [6.45, 7) is 4.41. The maximum atomic E-state index is 13.2. The van der Waals surface area contributed by atoms with Gasteiger partial charge in [0.05, 0.1) is 28.6 Å². The lowest BCUT2D eigenvalue weighted by Gasteiger charge is -2.26. The van der Waals surface area contributed by atoms with E-state index in [1.165, 1.54) is 0 Å². The van der Waals surface area contributed by atoms with Crippen LogP contribution in [0.15, 0.2) is 42.5 Å². The Balaban J connectivity index is 1.67. The largest absolute Gasteiger partial charge is 0.340 e. The minimum atomic E-state index is -0.0512. The number of aromatic amines is 1. The number of aromatic nitrogens is 4.